The highest BCUT2D eigenvalue weighted by Crippen LogP contribution is 2.31. The largest absolute Gasteiger partial charge is 0.508 e. The minimum Gasteiger partial charge on any atom is -0.508 e. The Hall–Kier alpha value is -1.98. The summed E-state index contributed by atoms with van der Waals surface area (Å²) in [5.74, 6) is 0.0620. The van der Waals surface area contributed by atoms with Gasteiger partial charge in [-0.25, -0.2) is 0 Å². The Morgan fingerprint density at radius 2 is 1.76 bits per heavy atom. The van der Waals surface area contributed by atoms with Crippen molar-refractivity contribution in [1.29, 1.82) is 0 Å². The number of nitrogens with zero attached hydrogens (tertiary/aromatic N) is 2. The number of halogens is 3. The van der Waals surface area contributed by atoms with E-state index >= 15 is 0 Å². The first-order chi connectivity index (χ1) is 7.88. The van der Waals surface area contributed by atoms with Gasteiger partial charge in [0.15, 0.2) is 5.69 Å². The highest BCUT2D eigenvalue weighted by molar-refractivity contribution is 5.61. The lowest BCUT2D eigenvalue weighted by Gasteiger charge is -2.01. The molecular formula is C11H9F3N2O. The van der Waals surface area contributed by atoms with E-state index < -0.39 is 11.9 Å². The molecule has 1 heterocycles. The Balaban J connectivity index is 2.46. The molecule has 0 bridgehead atoms. The van der Waals surface area contributed by atoms with Gasteiger partial charge in [-0.15, -0.1) is 0 Å². The number of aryl methyl sites for hydroxylation is 1. The molecule has 1 aromatic carbocycles. The highest BCUT2D eigenvalue weighted by atomic mass is 19.4. The van der Waals surface area contributed by atoms with Gasteiger partial charge < -0.3 is 5.11 Å². The number of phenols is 1. The van der Waals surface area contributed by atoms with Crippen LogP contribution in [-0.4, -0.2) is 14.9 Å². The molecule has 1 aromatic heterocycles. The van der Waals surface area contributed by atoms with Crippen LogP contribution in [0, 0.1) is 0 Å². The summed E-state index contributed by atoms with van der Waals surface area (Å²) in [5.41, 5.74) is -0.0197. The Kier molecular flexibility index (Phi) is 2.57. The summed E-state index contributed by atoms with van der Waals surface area (Å²) in [6.07, 6.45) is -4.45. The van der Waals surface area contributed by atoms with Gasteiger partial charge in [0.2, 0.25) is 0 Å². The normalized spacial score (nSPS) is 11.8. The molecule has 0 saturated carbocycles. The molecule has 0 unspecified atom stereocenters. The second-order valence-corrected chi connectivity index (χ2v) is 3.58. The summed E-state index contributed by atoms with van der Waals surface area (Å²) < 4.78 is 38.5. The number of hydrogen-bond acceptors (Lipinski definition) is 2. The van der Waals surface area contributed by atoms with Crippen molar-refractivity contribution in [3.63, 3.8) is 0 Å². The molecule has 6 heteroatoms. The maximum atomic E-state index is 12.4. The van der Waals surface area contributed by atoms with Crippen molar-refractivity contribution in [1.82, 2.24) is 9.78 Å². The van der Waals surface area contributed by atoms with E-state index in [1.807, 2.05) is 0 Å². The predicted octanol–water partition coefficient (Wildman–Crippen LogP) is 2.81. The molecule has 0 atom stereocenters. The Morgan fingerprint density at radius 3 is 2.24 bits per heavy atom. The van der Waals surface area contributed by atoms with E-state index in [9.17, 15) is 13.2 Å². The number of aromatic nitrogens is 2. The van der Waals surface area contributed by atoms with E-state index in [2.05, 4.69) is 5.10 Å². The van der Waals surface area contributed by atoms with Gasteiger partial charge >= 0.3 is 6.18 Å². The molecule has 0 aliphatic rings. The van der Waals surface area contributed by atoms with Crippen LogP contribution in [0.1, 0.15) is 5.69 Å². The van der Waals surface area contributed by atoms with Gasteiger partial charge in [0.25, 0.3) is 0 Å². The van der Waals surface area contributed by atoms with Crippen LogP contribution < -0.4 is 0 Å². The molecule has 17 heavy (non-hydrogen) atoms. The van der Waals surface area contributed by atoms with Gasteiger partial charge in [-0.2, -0.15) is 18.3 Å². The Labute approximate surface area is 95.1 Å². The fourth-order valence-electron chi connectivity index (χ4n) is 1.51. The zero-order chi connectivity index (χ0) is 12.6. The third kappa shape index (κ3) is 2.25. The summed E-state index contributed by atoms with van der Waals surface area (Å²) in [7, 11) is 1.44. The minimum absolute atomic E-state index is 0.0620. The lowest BCUT2D eigenvalue weighted by atomic mass is 10.1. The van der Waals surface area contributed by atoms with Crippen LogP contribution >= 0.6 is 0 Å². The first-order valence-electron chi connectivity index (χ1n) is 4.78. The first kappa shape index (κ1) is 11.5. The summed E-state index contributed by atoms with van der Waals surface area (Å²) in [5, 5.41) is 12.5. The van der Waals surface area contributed by atoms with Crippen LogP contribution in [0.25, 0.3) is 11.3 Å². The first-order valence-corrected chi connectivity index (χ1v) is 4.78. The van der Waals surface area contributed by atoms with Crippen LogP contribution in [0.4, 0.5) is 13.2 Å². The van der Waals surface area contributed by atoms with Crippen LogP contribution in [-0.2, 0) is 13.2 Å². The SMILES string of the molecule is Cn1nc(C(F)(F)F)cc1-c1ccc(O)cc1. The zero-order valence-corrected chi connectivity index (χ0v) is 8.86. The molecule has 0 saturated heterocycles. The second kappa shape index (κ2) is 3.80. The van der Waals surface area contributed by atoms with Gasteiger partial charge in [-0.1, -0.05) is 0 Å². The molecule has 3 nitrogen and oxygen atoms in total. The minimum atomic E-state index is -4.45. The monoisotopic (exact) mass is 242 g/mol. The fraction of sp³-hybridized carbons (Fsp3) is 0.182. The maximum absolute atomic E-state index is 12.4. The molecule has 0 radical (unpaired) electrons. The van der Waals surface area contributed by atoms with Gasteiger partial charge in [-0.05, 0) is 30.3 Å². The lowest BCUT2D eigenvalue weighted by Crippen LogP contribution is -2.06. The molecule has 2 aromatic rings. The third-order valence-corrected chi connectivity index (χ3v) is 2.33. The van der Waals surface area contributed by atoms with Gasteiger partial charge in [0, 0.05) is 12.6 Å². The topological polar surface area (TPSA) is 38.0 Å². The van der Waals surface area contributed by atoms with E-state index in [4.69, 9.17) is 5.11 Å². The van der Waals surface area contributed by atoms with Gasteiger partial charge in [0.05, 0.1) is 5.69 Å². The molecular weight excluding hydrogens is 233 g/mol. The number of alkyl halides is 3. The lowest BCUT2D eigenvalue weighted by molar-refractivity contribution is -0.141. The van der Waals surface area contributed by atoms with Crippen molar-refractivity contribution in [3.05, 3.63) is 36.0 Å². The van der Waals surface area contributed by atoms with E-state index in [0.29, 0.717) is 11.3 Å². The van der Waals surface area contributed by atoms with E-state index in [0.717, 1.165) is 10.7 Å². The number of phenolic OH excluding ortho intramolecular Hbond substituents is 1. The molecule has 0 spiro atoms. The van der Waals surface area contributed by atoms with Crippen LogP contribution in [0.5, 0.6) is 5.75 Å². The average Bonchev–Trinajstić information content (AvgIpc) is 2.61. The molecule has 0 aliphatic heterocycles. The van der Waals surface area contributed by atoms with Crippen molar-refractivity contribution in [3.8, 4) is 17.0 Å². The smallest absolute Gasteiger partial charge is 0.435 e. The Morgan fingerprint density at radius 1 is 1.18 bits per heavy atom. The van der Waals surface area contributed by atoms with Crippen LogP contribution in [0.2, 0.25) is 0 Å². The summed E-state index contributed by atoms with van der Waals surface area (Å²) in [4.78, 5) is 0. The molecule has 0 amide bonds. The molecule has 1 N–H and O–H groups in total. The maximum Gasteiger partial charge on any atom is 0.435 e. The van der Waals surface area contributed by atoms with Crippen molar-refractivity contribution in [2.24, 2.45) is 7.05 Å². The third-order valence-electron chi connectivity index (χ3n) is 2.33. The van der Waals surface area contributed by atoms with E-state index in [1.165, 1.54) is 31.3 Å². The van der Waals surface area contributed by atoms with E-state index in [-0.39, 0.29) is 5.75 Å². The van der Waals surface area contributed by atoms with Crippen molar-refractivity contribution in [2.45, 2.75) is 6.18 Å². The van der Waals surface area contributed by atoms with Crippen molar-refractivity contribution < 1.29 is 18.3 Å². The fourth-order valence-corrected chi connectivity index (χ4v) is 1.51. The summed E-state index contributed by atoms with van der Waals surface area (Å²) >= 11 is 0. The Bertz CT molecular complexity index is 529. The number of rotatable bonds is 1. The van der Waals surface area contributed by atoms with Crippen molar-refractivity contribution >= 4 is 0 Å². The molecule has 2 rings (SSSR count). The highest BCUT2D eigenvalue weighted by Gasteiger charge is 2.34. The molecule has 0 fully saturated rings. The second-order valence-electron chi connectivity index (χ2n) is 3.58. The van der Waals surface area contributed by atoms with E-state index in [1.54, 1.807) is 0 Å². The summed E-state index contributed by atoms with van der Waals surface area (Å²) in [6, 6.07) is 6.87. The van der Waals surface area contributed by atoms with Gasteiger partial charge in [-0.3, -0.25) is 4.68 Å². The van der Waals surface area contributed by atoms with Crippen LogP contribution in [0.3, 0.4) is 0 Å². The quantitative estimate of drug-likeness (QED) is 0.835. The standard InChI is InChI=1S/C11H9F3N2O/c1-16-9(6-10(15-16)11(12,13)14)7-2-4-8(17)5-3-7/h2-6,17H,1H3. The van der Waals surface area contributed by atoms with Crippen molar-refractivity contribution in [2.75, 3.05) is 0 Å². The predicted molar refractivity (Wildman–Crippen MR) is 55.3 cm³/mol. The summed E-state index contributed by atoms with van der Waals surface area (Å²) in [6.45, 7) is 0. The number of aromatic hydroxyl groups is 1. The van der Waals surface area contributed by atoms with Gasteiger partial charge in [0.1, 0.15) is 5.75 Å². The average molecular weight is 242 g/mol. The zero-order valence-electron chi connectivity index (χ0n) is 8.86. The molecule has 90 valence electrons. The molecule has 0 aliphatic carbocycles. The number of benzene rings is 1. The van der Waals surface area contributed by atoms with Crippen LogP contribution in [0.15, 0.2) is 30.3 Å². The number of hydrogen-bond donors (Lipinski definition) is 1.